The Hall–Kier alpha value is -3.14. The summed E-state index contributed by atoms with van der Waals surface area (Å²) in [7, 11) is 0. The molecule has 1 aliphatic heterocycles. The highest BCUT2D eigenvalue weighted by molar-refractivity contribution is 6.30. The van der Waals surface area contributed by atoms with Crippen molar-refractivity contribution >= 4 is 34.0 Å². The Bertz CT molecular complexity index is 1320. The lowest BCUT2D eigenvalue weighted by Gasteiger charge is -2.39. The average Bonchev–Trinajstić information content (AvgIpc) is 2.87. The van der Waals surface area contributed by atoms with Crippen LogP contribution >= 0.6 is 11.6 Å². The molecule has 2 atom stereocenters. The van der Waals surface area contributed by atoms with Crippen molar-refractivity contribution in [1.82, 2.24) is 4.90 Å². The van der Waals surface area contributed by atoms with Crippen molar-refractivity contribution in [2.75, 3.05) is 5.32 Å². The molecule has 0 aliphatic carbocycles. The third-order valence-corrected chi connectivity index (χ3v) is 7.48. The van der Waals surface area contributed by atoms with E-state index in [2.05, 4.69) is 48.3 Å². The second-order valence-electron chi connectivity index (χ2n) is 9.74. The molecular weight excluding hydrogens is 452 g/mol. The minimum absolute atomic E-state index is 0.114. The highest BCUT2D eigenvalue weighted by atomic mass is 35.5. The van der Waals surface area contributed by atoms with E-state index in [1.807, 2.05) is 60.7 Å². The average molecular weight is 483 g/mol. The number of fused-ring (bicyclic) bond motifs is 1. The van der Waals surface area contributed by atoms with Crippen molar-refractivity contribution in [3.8, 4) is 11.1 Å². The molecule has 0 saturated carbocycles. The predicted octanol–water partition coefficient (Wildman–Crippen LogP) is 8.18. The highest BCUT2D eigenvalue weighted by Crippen LogP contribution is 2.27. The van der Waals surface area contributed by atoms with Crippen LogP contribution in [0.3, 0.4) is 0 Å². The van der Waals surface area contributed by atoms with Gasteiger partial charge in [0.15, 0.2) is 0 Å². The van der Waals surface area contributed by atoms with Crippen LogP contribution in [0.5, 0.6) is 0 Å². The Morgan fingerprint density at radius 2 is 1.43 bits per heavy atom. The molecule has 0 aromatic heterocycles. The number of carbonyl (C=O) groups is 1. The zero-order valence-electron chi connectivity index (χ0n) is 20.3. The molecule has 1 heterocycles. The van der Waals surface area contributed by atoms with Gasteiger partial charge in [-0.15, -0.1) is 0 Å². The van der Waals surface area contributed by atoms with Crippen molar-refractivity contribution in [2.45, 2.75) is 51.7 Å². The number of likely N-dealkylation sites (tertiary alicyclic amines) is 1. The van der Waals surface area contributed by atoms with Gasteiger partial charge in [0.05, 0.1) is 0 Å². The van der Waals surface area contributed by atoms with Crippen LogP contribution in [0.25, 0.3) is 21.9 Å². The number of hydrogen-bond acceptors (Lipinski definition) is 2. The van der Waals surface area contributed by atoms with Crippen LogP contribution in [0, 0.1) is 0 Å². The summed E-state index contributed by atoms with van der Waals surface area (Å²) >= 11 is 5.98. The first-order valence-electron chi connectivity index (χ1n) is 12.4. The van der Waals surface area contributed by atoms with E-state index in [1.54, 1.807) is 0 Å². The number of rotatable bonds is 5. The topological polar surface area (TPSA) is 32.3 Å². The monoisotopic (exact) mass is 482 g/mol. The molecule has 0 radical (unpaired) electrons. The van der Waals surface area contributed by atoms with Gasteiger partial charge in [-0.1, -0.05) is 60.5 Å². The first kappa shape index (κ1) is 23.6. The van der Waals surface area contributed by atoms with Gasteiger partial charge in [0.25, 0.3) is 5.91 Å². The molecule has 0 spiro atoms. The molecule has 5 rings (SSSR count). The van der Waals surface area contributed by atoms with Crippen LogP contribution in [0.4, 0.5) is 5.69 Å². The molecule has 4 heteroatoms. The normalized spacial score (nSPS) is 18.5. The second kappa shape index (κ2) is 10.2. The maximum atomic E-state index is 12.8. The molecule has 1 fully saturated rings. The number of nitrogens with one attached hydrogen (secondary N) is 1. The summed E-state index contributed by atoms with van der Waals surface area (Å²) in [6.45, 7) is 5.68. The third kappa shape index (κ3) is 5.42. The van der Waals surface area contributed by atoms with Crippen molar-refractivity contribution in [3.05, 3.63) is 101 Å². The maximum Gasteiger partial charge on any atom is 0.255 e. The first-order chi connectivity index (χ1) is 17.0. The Labute approximate surface area is 212 Å². The van der Waals surface area contributed by atoms with Gasteiger partial charge >= 0.3 is 0 Å². The smallest absolute Gasteiger partial charge is 0.255 e. The summed E-state index contributed by atoms with van der Waals surface area (Å²) in [5.74, 6) is -0.114. The summed E-state index contributed by atoms with van der Waals surface area (Å²) < 4.78 is 0. The van der Waals surface area contributed by atoms with E-state index in [9.17, 15) is 4.79 Å². The van der Waals surface area contributed by atoms with Gasteiger partial charge < -0.3 is 5.32 Å². The van der Waals surface area contributed by atoms with Crippen LogP contribution in [0.15, 0.2) is 84.9 Å². The van der Waals surface area contributed by atoms with Gasteiger partial charge in [-0.05, 0) is 96.6 Å². The largest absolute Gasteiger partial charge is 0.322 e. The van der Waals surface area contributed by atoms with Crippen LogP contribution in [-0.4, -0.2) is 22.9 Å². The SMILES string of the molecule is CC1CCCC(C)N1Cc1ccc2cc(NC(=O)c3ccc(-c4ccc(Cl)cc4)cc3)ccc2c1. The Kier molecular flexibility index (Phi) is 6.90. The number of piperidine rings is 1. The Morgan fingerprint density at radius 1 is 0.829 bits per heavy atom. The van der Waals surface area contributed by atoms with E-state index < -0.39 is 0 Å². The number of carbonyl (C=O) groups excluding carboxylic acids is 1. The third-order valence-electron chi connectivity index (χ3n) is 7.23. The molecule has 3 nitrogen and oxygen atoms in total. The molecule has 178 valence electrons. The van der Waals surface area contributed by atoms with E-state index in [4.69, 9.17) is 11.6 Å². The maximum absolute atomic E-state index is 12.8. The first-order valence-corrected chi connectivity index (χ1v) is 12.8. The minimum atomic E-state index is -0.114. The number of amides is 1. The van der Waals surface area contributed by atoms with E-state index in [0.717, 1.165) is 28.7 Å². The van der Waals surface area contributed by atoms with Crippen LogP contribution < -0.4 is 5.32 Å². The summed E-state index contributed by atoms with van der Waals surface area (Å²) in [6.07, 6.45) is 3.90. The van der Waals surface area contributed by atoms with Crippen LogP contribution in [0.2, 0.25) is 5.02 Å². The molecule has 1 saturated heterocycles. The van der Waals surface area contributed by atoms with E-state index in [0.29, 0.717) is 22.7 Å². The lowest BCUT2D eigenvalue weighted by atomic mass is 9.96. The fourth-order valence-electron chi connectivity index (χ4n) is 5.13. The van der Waals surface area contributed by atoms with Gasteiger partial charge in [-0.3, -0.25) is 9.69 Å². The van der Waals surface area contributed by atoms with Gasteiger partial charge in [0, 0.05) is 34.9 Å². The number of nitrogens with zero attached hydrogens (tertiary/aromatic N) is 1. The van der Waals surface area contributed by atoms with E-state index in [-0.39, 0.29) is 5.91 Å². The molecular formula is C31H31ClN2O. The lowest BCUT2D eigenvalue weighted by molar-refractivity contribution is 0.0953. The fraction of sp³-hybridized carbons (Fsp3) is 0.258. The van der Waals surface area contributed by atoms with Crippen LogP contribution in [-0.2, 0) is 6.54 Å². The quantitative estimate of drug-likeness (QED) is 0.311. The molecule has 2 unspecified atom stereocenters. The van der Waals surface area contributed by atoms with Crippen molar-refractivity contribution in [1.29, 1.82) is 0 Å². The van der Waals surface area contributed by atoms with Crippen molar-refractivity contribution in [2.24, 2.45) is 0 Å². The van der Waals surface area contributed by atoms with Gasteiger partial charge in [-0.25, -0.2) is 0 Å². The summed E-state index contributed by atoms with van der Waals surface area (Å²) in [5.41, 5.74) is 4.89. The number of anilines is 1. The standard InChI is InChI=1S/C31H31ClN2O/c1-21-4-3-5-22(2)34(21)20-23-6-7-28-19-30(17-14-27(28)18-23)33-31(35)26-10-8-24(9-11-26)25-12-15-29(32)16-13-25/h6-19,21-22H,3-5,20H2,1-2H3,(H,33,35). The second-order valence-corrected chi connectivity index (χ2v) is 10.2. The summed E-state index contributed by atoms with van der Waals surface area (Å²) in [6, 6.07) is 29.4. The summed E-state index contributed by atoms with van der Waals surface area (Å²) in [4.78, 5) is 15.5. The van der Waals surface area contributed by atoms with Crippen LogP contribution in [0.1, 0.15) is 49.0 Å². The number of benzene rings is 4. The van der Waals surface area contributed by atoms with Gasteiger partial charge in [-0.2, -0.15) is 0 Å². The number of hydrogen-bond donors (Lipinski definition) is 1. The van der Waals surface area contributed by atoms with Crippen molar-refractivity contribution < 1.29 is 4.79 Å². The Morgan fingerprint density at radius 3 is 2.11 bits per heavy atom. The fourth-order valence-corrected chi connectivity index (χ4v) is 5.25. The molecule has 4 aromatic rings. The molecule has 35 heavy (non-hydrogen) atoms. The predicted molar refractivity (Wildman–Crippen MR) is 147 cm³/mol. The molecule has 1 N–H and O–H groups in total. The zero-order valence-corrected chi connectivity index (χ0v) is 21.1. The van der Waals surface area contributed by atoms with Gasteiger partial charge in [0.1, 0.15) is 0 Å². The van der Waals surface area contributed by atoms with E-state index in [1.165, 1.54) is 30.2 Å². The Balaban J connectivity index is 1.27. The minimum Gasteiger partial charge on any atom is -0.322 e. The lowest BCUT2D eigenvalue weighted by Crippen LogP contribution is -2.42. The molecule has 1 amide bonds. The zero-order chi connectivity index (χ0) is 24.4. The highest BCUT2D eigenvalue weighted by Gasteiger charge is 2.24. The molecule has 1 aliphatic rings. The van der Waals surface area contributed by atoms with Gasteiger partial charge in [0.2, 0.25) is 0 Å². The summed E-state index contributed by atoms with van der Waals surface area (Å²) in [5, 5.41) is 6.08. The molecule has 0 bridgehead atoms. The van der Waals surface area contributed by atoms with E-state index >= 15 is 0 Å². The van der Waals surface area contributed by atoms with Crippen molar-refractivity contribution in [3.63, 3.8) is 0 Å². The number of halogens is 1. The molecule has 4 aromatic carbocycles.